The summed E-state index contributed by atoms with van der Waals surface area (Å²) in [5.41, 5.74) is 1.15. The van der Waals surface area contributed by atoms with E-state index in [0.717, 1.165) is 49.1 Å². The van der Waals surface area contributed by atoms with Gasteiger partial charge in [-0.1, -0.05) is 32.9 Å². The van der Waals surface area contributed by atoms with Crippen LogP contribution in [0.2, 0.25) is 0 Å². The highest BCUT2D eigenvalue weighted by Crippen LogP contribution is 2.67. The third-order valence-electron chi connectivity index (χ3n) is 10.4. The van der Waals surface area contributed by atoms with E-state index in [1.54, 1.807) is 31.7 Å². The number of carbonyl (C=O) groups excluding carboxylic acids is 4. The van der Waals surface area contributed by atoms with Gasteiger partial charge in [0.05, 0.1) is 13.2 Å². The van der Waals surface area contributed by atoms with Gasteiger partial charge in [0.15, 0.2) is 5.28 Å². The number of likely N-dealkylation sites (tertiary alicyclic amines) is 1. The number of amides is 4. The van der Waals surface area contributed by atoms with Crippen molar-refractivity contribution < 1.29 is 42.8 Å². The number of nitrogens with one attached hydrogen (secondary N) is 2. The van der Waals surface area contributed by atoms with Crippen LogP contribution in [0, 0.1) is 11.3 Å². The summed E-state index contributed by atoms with van der Waals surface area (Å²) < 4.78 is 28.1. The Bertz CT molecular complexity index is 1550. The first-order valence-electron chi connectivity index (χ1n) is 17.8. The fourth-order valence-electron chi connectivity index (χ4n) is 7.24. The summed E-state index contributed by atoms with van der Waals surface area (Å²) in [5, 5.41) is 4.31. The number of hydrogen-bond donors (Lipinski definition) is 3. The van der Waals surface area contributed by atoms with Gasteiger partial charge < -0.3 is 39.5 Å². The maximum Gasteiger partial charge on any atom is 0.410 e. The van der Waals surface area contributed by atoms with E-state index in [-0.39, 0.29) is 25.0 Å². The van der Waals surface area contributed by atoms with Crippen molar-refractivity contribution in [3.05, 3.63) is 42.0 Å². The lowest BCUT2D eigenvalue weighted by Gasteiger charge is -2.35. The zero-order valence-electron chi connectivity index (χ0n) is 30.7. The summed E-state index contributed by atoms with van der Waals surface area (Å²) in [6.07, 6.45) is 2.99. The van der Waals surface area contributed by atoms with Gasteiger partial charge in [-0.2, -0.15) is 0 Å². The molecule has 1 aromatic carbocycles. The molecule has 4 aliphatic rings. The van der Waals surface area contributed by atoms with Gasteiger partial charge in [0.25, 0.3) is 0 Å². The molecule has 0 spiro atoms. The van der Waals surface area contributed by atoms with Gasteiger partial charge >= 0.3 is 19.6 Å². The Labute approximate surface area is 300 Å². The van der Waals surface area contributed by atoms with Crippen LogP contribution < -0.4 is 15.4 Å². The molecule has 0 bridgehead atoms. The lowest BCUT2D eigenvalue weighted by atomic mass is 9.85. The molecular weight excluding hydrogens is 677 g/mol. The van der Waals surface area contributed by atoms with Crippen LogP contribution >= 0.6 is 7.37 Å². The van der Waals surface area contributed by atoms with Crippen LogP contribution in [0.4, 0.5) is 9.59 Å². The highest BCUT2D eigenvalue weighted by molar-refractivity contribution is 7.59. The molecule has 14 nitrogen and oxygen atoms in total. The number of nitrogens with zero attached hydrogens (tertiary/aromatic N) is 3. The first kappa shape index (κ1) is 38.6. The van der Waals surface area contributed by atoms with Crippen LogP contribution in [0.25, 0.3) is 0 Å². The molecule has 4 N–H and O–H groups in total. The fraction of sp³-hybridized carbons (Fsp3) is 0.667. The largest absolute Gasteiger partial charge is 0.492 e. The van der Waals surface area contributed by atoms with E-state index in [1.807, 2.05) is 37.2 Å². The molecule has 2 saturated carbocycles. The predicted octanol–water partition coefficient (Wildman–Crippen LogP) is 3.99. The van der Waals surface area contributed by atoms with Gasteiger partial charge in [0.2, 0.25) is 11.8 Å². The van der Waals surface area contributed by atoms with Gasteiger partial charge in [0.1, 0.15) is 36.6 Å². The second-order valence-electron chi connectivity index (χ2n) is 15.8. The molecule has 51 heavy (non-hydrogen) atoms. The summed E-state index contributed by atoms with van der Waals surface area (Å²) in [6.45, 7) is 12.4. The third kappa shape index (κ3) is 8.89. The summed E-state index contributed by atoms with van der Waals surface area (Å²) in [4.78, 5) is 70.5. The van der Waals surface area contributed by atoms with E-state index in [0.29, 0.717) is 26.1 Å². The molecule has 2 unspecified atom stereocenters. The molecule has 4 amide bonds. The first-order valence-corrected chi connectivity index (χ1v) is 19.9. The van der Waals surface area contributed by atoms with Crippen LogP contribution in [0.3, 0.4) is 0 Å². The highest BCUT2D eigenvalue weighted by Gasteiger charge is 2.68. The Kier molecular flexibility index (Phi) is 11.5. The summed E-state index contributed by atoms with van der Waals surface area (Å²) in [5.74, 6) is -0.762. The molecule has 1 saturated heterocycles. The fourth-order valence-corrected chi connectivity index (χ4v) is 8.84. The summed E-state index contributed by atoms with van der Waals surface area (Å²) in [7, 11) is 0.369. The Balaban J connectivity index is 1.31. The van der Waals surface area contributed by atoms with Crippen LogP contribution in [-0.4, -0.2) is 118 Å². The lowest BCUT2D eigenvalue weighted by Crippen LogP contribution is -2.58. The predicted molar refractivity (Wildman–Crippen MR) is 191 cm³/mol. The van der Waals surface area contributed by atoms with Crippen molar-refractivity contribution in [1.82, 2.24) is 25.3 Å². The number of hydrogen-bond acceptors (Lipinski definition) is 8. The average Bonchev–Trinajstić information content (AvgIpc) is 3.42. The minimum absolute atomic E-state index is 0.0157. The maximum absolute atomic E-state index is 14.4. The SMILES string of the molecule is C=C[C@@H]1C[C@]1(NC(=O)C1C[C@@H](OC(=O)N2Cc3ccc(OCCN(C)C)cc3C2)CN1C(=O)[C@@H](NC(=O)OC1CCCC1)C(C)(C)C)P(C)(O)=[OH+]. The average molecular weight is 733 g/mol. The highest BCUT2D eigenvalue weighted by atomic mass is 31.2. The number of likely N-dealkylation sites (N-methyl/N-ethyl adjacent to an activating group) is 1. The quantitative estimate of drug-likeness (QED) is 0.163. The normalized spacial score (nSPS) is 26.2. The smallest absolute Gasteiger partial charge is 0.410 e. The number of carbonyl (C=O) groups is 4. The Morgan fingerprint density at radius 3 is 2.43 bits per heavy atom. The molecule has 5 rings (SSSR count). The third-order valence-corrected chi connectivity index (χ3v) is 12.5. The zero-order chi connectivity index (χ0) is 37.3. The molecule has 282 valence electrons. The summed E-state index contributed by atoms with van der Waals surface area (Å²) >= 11 is 0. The Morgan fingerprint density at radius 2 is 1.82 bits per heavy atom. The number of alkyl carbamates (subject to hydrolysis) is 1. The topological polar surface area (TPSA) is 171 Å². The molecule has 3 fully saturated rings. The molecule has 2 aliphatic carbocycles. The zero-order valence-corrected chi connectivity index (χ0v) is 31.6. The summed E-state index contributed by atoms with van der Waals surface area (Å²) in [6, 6.07) is 3.56. The van der Waals surface area contributed by atoms with E-state index in [1.165, 1.54) is 11.6 Å². The van der Waals surface area contributed by atoms with Crippen molar-refractivity contribution in [2.45, 2.75) is 102 Å². The van der Waals surface area contributed by atoms with Crippen LogP contribution in [-0.2, 0) is 32.2 Å². The second kappa shape index (κ2) is 15.2. The monoisotopic (exact) mass is 732 g/mol. The number of ether oxygens (including phenoxy) is 3. The molecule has 0 aromatic heterocycles. The van der Waals surface area contributed by atoms with Gasteiger partial charge in [-0.25, -0.2) is 9.59 Å². The Hall–Kier alpha value is -3.61. The van der Waals surface area contributed by atoms with Crippen molar-refractivity contribution in [3.63, 3.8) is 0 Å². The maximum atomic E-state index is 14.4. The molecule has 1 aromatic rings. The van der Waals surface area contributed by atoms with Crippen molar-refractivity contribution in [1.29, 1.82) is 0 Å². The molecule has 6 atom stereocenters. The van der Waals surface area contributed by atoms with Crippen LogP contribution in [0.1, 0.15) is 70.4 Å². The van der Waals surface area contributed by atoms with Crippen LogP contribution in [0.5, 0.6) is 5.75 Å². The van der Waals surface area contributed by atoms with Gasteiger partial charge in [0, 0.05) is 32.0 Å². The van der Waals surface area contributed by atoms with Crippen LogP contribution in [0.15, 0.2) is 30.9 Å². The molecular formula is C36H55N5O9P+. The van der Waals surface area contributed by atoms with Crippen molar-refractivity contribution in [3.8, 4) is 5.75 Å². The minimum Gasteiger partial charge on any atom is -0.492 e. The van der Waals surface area contributed by atoms with E-state index >= 15 is 0 Å². The molecule has 15 heteroatoms. The first-order chi connectivity index (χ1) is 23.9. The number of benzene rings is 1. The van der Waals surface area contributed by atoms with Crippen molar-refractivity contribution >= 4 is 31.4 Å². The molecule has 0 radical (unpaired) electrons. The van der Waals surface area contributed by atoms with Crippen molar-refractivity contribution in [2.75, 3.05) is 40.5 Å². The second-order valence-corrected chi connectivity index (χ2v) is 18.4. The lowest BCUT2D eigenvalue weighted by molar-refractivity contribution is -0.142. The minimum atomic E-state index is -3.58. The van der Waals surface area contributed by atoms with Crippen molar-refractivity contribution in [2.24, 2.45) is 11.3 Å². The number of fused-ring (bicyclic) bond motifs is 1. The van der Waals surface area contributed by atoms with Gasteiger partial charge in [-0.15, -0.1) is 6.58 Å². The van der Waals surface area contributed by atoms with E-state index in [4.69, 9.17) is 14.2 Å². The van der Waals surface area contributed by atoms with Gasteiger partial charge in [-0.05, 0) is 74.9 Å². The van der Waals surface area contributed by atoms with Gasteiger partial charge in [-0.3, -0.25) is 19.1 Å². The molecule has 2 aliphatic heterocycles. The number of rotatable bonds is 12. The van der Waals surface area contributed by atoms with E-state index in [2.05, 4.69) is 17.2 Å². The Morgan fingerprint density at radius 1 is 1.14 bits per heavy atom. The molecule has 2 heterocycles. The van der Waals surface area contributed by atoms with E-state index < -0.39 is 60.3 Å². The van der Waals surface area contributed by atoms with E-state index in [9.17, 15) is 28.6 Å². The standard InChI is InChI=1S/C36H54N5O9P/c1-8-25-19-36(25,51(7,46)47)38-31(42)29-18-28(22-41(29)32(43)30(35(2,3)4)37-33(44)49-26-11-9-10-12-26)50-34(45)40-20-23-13-14-27(17-24(23)21-40)48-16-15-39(5)6/h8,13-14,17,25-26,28-30H,1,9-12,15-16,18-22H2,2-7H3,(H,37,44)(H,38,42)(H,46,47)/p+1/t25-,28-,29?,30-,36+/m1/s1.